The molecule has 8 nitrogen and oxygen atoms in total. The smallest absolute Gasteiger partial charge is 0.328 e. The number of rotatable bonds is 5. The van der Waals surface area contributed by atoms with E-state index in [2.05, 4.69) is 5.32 Å². The minimum atomic E-state index is -1.02. The third-order valence-electron chi connectivity index (χ3n) is 1.87. The number of amides is 1. The van der Waals surface area contributed by atoms with Crippen LogP contribution in [-0.4, -0.2) is 33.1 Å². The number of H-pyrrole nitrogens is 1. The maximum absolute atomic E-state index is 11.3. The van der Waals surface area contributed by atoms with Gasteiger partial charge in [-0.15, -0.1) is 0 Å². The van der Waals surface area contributed by atoms with E-state index in [9.17, 15) is 19.2 Å². The zero-order chi connectivity index (χ0) is 12.8. The van der Waals surface area contributed by atoms with Crippen molar-refractivity contribution in [3.05, 3.63) is 33.1 Å². The summed E-state index contributed by atoms with van der Waals surface area (Å²) >= 11 is 0. The molecule has 1 aromatic rings. The van der Waals surface area contributed by atoms with Gasteiger partial charge in [-0.1, -0.05) is 0 Å². The Balaban J connectivity index is 2.54. The van der Waals surface area contributed by atoms with Crippen molar-refractivity contribution in [1.29, 1.82) is 0 Å². The Morgan fingerprint density at radius 1 is 1.41 bits per heavy atom. The molecule has 0 aliphatic heterocycles. The Morgan fingerprint density at radius 3 is 2.71 bits per heavy atom. The molecule has 0 saturated carbocycles. The molecule has 8 heteroatoms. The predicted octanol–water partition coefficient (Wildman–Crippen LogP) is -1.87. The van der Waals surface area contributed by atoms with Gasteiger partial charge in [-0.2, -0.15) is 0 Å². The molecule has 3 N–H and O–H groups in total. The number of nitrogens with one attached hydrogen (secondary N) is 2. The Labute approximate surface area is 94.9 Å². The molecule has 17 heavy (non-hydrogen) atoms. The van der Waals surface area contributed by atoms with Crippen LogP contribution in [0.5, 0.6) is 0 Å². The van der Waals surface area contributed by atoms with Gasteiger partial charge < -0.3 is 10.4 Å². The quantitative estimate of drug-likeness (QED) is 0.557. The predicted molar refractivity (Wildman–Crippen MR) is 56.6 cm³/mol. The first-order chi connectivity index (χ1) is 7.99. The molecule has 0 atom stereocenters. The first-order valence-electron chi connectivity index (χ1n) is 4.77. The lowest BCUT2D eigenvalue weighted by Crippen LogP contribution is -2.36. The summed E-state index contributed by atoms with van der Waals surface area (Å²) in [4.78, 5) is 45.4. The second-order valence-electron chi connectivity index (χ2n) is 3.23. The van der Waals surface area contributed by atoms with Gasteiger partial charge in [-0.25, -0.2) is 4.79 Å². The van der Waals surface area contributed by atoms with E-state index in [1.165, 1.54) is 6.20 Å². The summed E-state index contributed by atoms with van der Waals surface area (Å²) in [7, 11) is 0. The molecule has 1 aromatic heterocycles. The maximum atomic E-state index is 11.3. The topological polar surface area (TPSA) is 121 Å². The third kappa shape index (κ3) is 4.33. The van der Waals surface area contributed by atoms with Crippen LogP contribution < -0.4 is 16.6 Å². The monoisotopic (exact) mass is 241 g/mol. The summed E-state index contributed by atoms with van der Waals surface area (Å²) in [5, 5.41) is 10.7. The third-order valence-corrected chi connectivity index (χ3v) is 1.87. The van der Waals surface area contributed by atoms with Gasteiger partial charge in [0.05, 0.1) is 6.42 Å². The zero-order valence-corrected chi connectivity index (χ0v) is 8.80. The average Bonchev–Trinajstić information content (AvgIpc) is 2.21. The fraction of sp³-hybridized carbons (Fsp3) is 0.333. The van der Waals surface area contributed by atoms with Crippen LogP contribution in [0.2, 0.25) is 0 Å². The minimum absolute atomic E-state index is 0.00767. The standard InChI is InChI=1S/C9H11N3O5/c13-6-2-4-12(9(17)11-6)5-7(14)10-3-1-8(15)16/h2,4H,1,3,5H2,(H,10,14)(H,15,16)(H,11,13,17). The summed E-state index contributed by atoms with van der Waals surface area (Å²) in [6.07, 6.45) is 1.00. The van der Waals surface area contributed by atoms with Crippen molar-refractivity contribution >= 4 is 11.9 Å². The van der Waals surface area contributed by atoms with Gasteiger partial charge >= 0.3 is 11.7 Å². The fourth-order valence-corrected chi connectivity index (χ4v) is 1.09. The first-order valence-corrected chi connectivity index (χ1v) is 4.77. The molecule has 1 amide bonds. The van der Waals surface area contributed by atoms with Crippen molar-refractivity contribution in [1.82, 2.24) is 14.9 Å². The Morgan fingerprint density at radius 2 is 2.12 bits per heavy atom. The lowest BCUT2D eigenvalue weighted by atomic mass is 10.4. The number of carboxylic acids is 1. The Kier molecular flexibility index (Phi) is 4.21. The van der Waals surface area contributed by atoms with Gasteiger partial charge in [-0.3, -0.25) is 23.9 Å². The van der Waals surface area contributed by atoms with Crippen LogP contribution in [-0.2, 0) is 16.1 Å². The summed E-state index contributed by atoms with van der Waals surface area (Å²) in [6, 6.07) is 1.12. The first kappa shape index (κ1) is 12.7. The van der Waals surface area contributed by atoms with Gasteiger partial charge in [0, 0.05) is 18.8 Å². The van der Waals surface area contributed by atoms with Crippen molar-refractivity contribution < 1.29 is 14.7 Å². The highest BCUT2D eigenvalue weighted by Gasteiger charge is 2.05. The summed E-state index contributed by atoms with van der Waals surface area (Å²) in [5.74, 6) is -1.52. The number of hydrogen-bond donors (Lipinski definition) is 3. The van der Waals surface area contributed by atoms with Crippen LogP contribution in [0.3, 0.4) is 0 Å². The number of aromatic amines is 1. The molecule has 92 valence electrons. The number of aromatic nitrogens is 2. The highest BCUT2D eigenvalue weighted by atomic mass is 16.4. The Hall–Kier alpha value is -2.38. The molecular weight excluding hydrogens is 230 g/mol. The lowest BCUT2D eigenvalue weighted by Gasteiger charge is -2.05. The van der Waals surface area contributed by atoms with E-state index < -0.39 is 23.1 Å². The number of aliphatic carboxylic acids is 1. The highest BCUT2D eigenvalue weighted by Crippen LogP contribution is 1.80. The molecule has 0 aliphatic rings. The van der Waals surface area contributed by atoms with Gasteiger partial charge in [-0.05, 0) is 0 Å². The van der Waals surface area contributed by atoms with Crippen molar-refractivity contribution in [2.24, 2.45) is 0 Å². The number of carboxylic acid groups (broad SMARTS) is 1. The van der Waals surface area contributed by atoms with Gasteiger partial charge in [0.25, 0.3) is 5.56 Å². The number of carbonyl (C=O) groups excluding carboxylic acids is 1. The maximum Gasteiger partial charge on any atom is 0.328 e. The molecule has 0 aliphatic carbocycles. The van der Waals surface area contributed by atoms with Crippen molar-refractivity contribution in [2.75, 3.05) is 6.54 Å². The lowest BCUT2D eigenvalue weighted by molar-refractivity contribution is -0.136. The van der Waals surface area contributed by atoms with Crippen LogP contribution in [0.25, 0.3) is 0 Å². The average molecular weight is 241 g/mol. The zero-order valence-electron chi connectivity index (χ0n) is 8.80. The number of nitrogens with zero attached hydrogens (tertiary/aromatic N) is 1. The van der Waals surface area contributed by atoms with E-state index >= 15 is 0 Å². The second-order valence-corrected chi connectivity index (χ2v) is 3.23. The van der Waals surface area contributed by atoms with E-state index in [0.29, 0.717) is 0 Å². The van der Waals surface area contributed by atoms with E-state index in [1.54, 1.807) is 0 Å². The van der Waals surface area contributed by atoms with Gasteiger partial charge in [0.1, 0.15) is 6.54 Å². The molecule has 1 heterocycles. The molecule has 0 unspecified atom stereocenters. The number of carbonyl (C=O) groups is 2. The molecule has 0 bridgehead atoms. The summed E-state index contributed by atoms with van der Waals surface area (Å²) in [6.45, 7) is -0.276. The fourth-order valence-electron chi connectivity index (χ4n) is 1.09. The Bertz CT molecular complexity index is 530. The second kappa shape index (κ2) is 5.64. The van der Waals surface area contributed by atoms with Crippen molar-refractivity contribution in [2.45, 2.75) is 13.0 Å². The van der Waals surface area contributed by atoms with Crippen LogP contribution in [0, 0.1) is 0 Å². The van der Waals surface area contributed by atoms with E-state index in [4.69, 9.17) is 5.11 Å². The number of hydrogen-bond acceptors (Lipinski definition) is 4. The normalized spacial score (nSPS) is 9.88. The molecule has 0 fully saturated rings. The van der Waals surface area contributed by atoms with Crippen molar-refractivity contribution in [3.8, 4) is 0 Å². The summed E-state index contributed by atoms with van der Waals surface area (Å²) in [5.41, 5.74) is -1.23. The molecule has 0 saturated heterocycles. The van der Waals surface area contributed by atoms with Crippen LogP contribution >= 0.6 is 0 Å². The molecular formula is C9H11N3O5. The van der Waals surface area contributed by atoms with Crippen LogP contribution in [0.15, 0.2) is 21.9 Å². The molecule has 0 radical (unpaired) electrons. The van der Waals surface area contributed by atoms with E-state index in [0.717, 1.165) is 10.6 Å². The molecule has 0 aromatic carbocycles. The SMILES string of the molecule is O=C(O)CCNC(=O)Cn1ccc(=O)[nH]c1=O. The van der Waals surface area contributed by atoms with Crippen molar-refractivity contribution in [3.63, 3.8) is 0 Å². The minimum Gasteiger partial charge on any atom is -0.481 e. The molecule has 1 rings (SSSR count). The highest BCUT2D eigenvalue weighted by molar-refractivity contribution is 5.76. The van der Waals surface area contributed by atoms with E-state index in [1.807, 2.05) is 4.98 Å². The summed E-state index contributed by atoms with van der Waals surface area (Å²) < 4.78 is 1.01. The molecule has 0 spiro atoms. The van der Waals surface area contributed by atoms with E-state index in [-0.39, 0.29) is 19.5 Å². The largest absolute Gasteiger partial charge is 0.481 e. The van der Waals surface area contributed by atoms with Crippen LogP contribution in [0.4, 0.5) is 0 Å². The van der Waals surface area contributed by atoms with Gasteiger partial charge in [0.15, 0.2) is 0 Å². The van der Waals surface area contributed by atoms with Crippen LogP contribution in [0.1, 0.15) is 6.42 Å². The van der Waals surface area contributed by atoms with Gasteiger partial charge in [0.2, 0.25) is 5.91 Å².